The quantitative estimate of drug-likeness (QED) is 0.588. The third-order valence-corrected chi connectivity index (χ3v) is 5.16. The Hall–Kier alpha value is -3.15. The Morgan fingerprint density at radius 2 is 1.86 bits per heavy atom. The molecule has 1 aliphatic rings. The van der Waals surface area contributed by atoms with Crippen LogP contribution in [0.2, 0.25) is 0 Å². The van der Waals surface area contributed by atoms with Gasteiger partial charge in [0.1, 0.15) is 5.75 Å². The normalized spacial score (nSPS) is 16.4. The number of anilines is 1. The fraction of sp³-hybridized carbons (Fsp3) is 0.348. The lowest BCUT2D eigenvalue weighted by Crippen LogP contribution is -2.24. The smallest absolute Gasteiger partial charge is 0.232 e. The van der Waals surface area contributed by atoms with E-state index in [2.05, 4.69) is 36.1 Å². The van der Waals surface area contributed by atoms with Crippen molar-refractivity contribution in [1.29, 1.82) is 0 Å². The van der Waals surface area contributed by atoms with E-state index >= 15 is 0 Å². The van der Waals surface area contributed by atoms with Crippen molar-refractivity contribution in [3.05, 3.63) is 60.0 Å². The van der Waals surface area contributed by atoms with E-state index in [1.165, 1.54) is 5.56 Å². The van der Waals surface area contributed by atoms with Crippen LogP contribution in [-0.4, -0.2) is 29.2 Å². The van der Waals surface area contributed by atoms with Gasteiger partial charge in [0.05, 0.1) is 12.5 Å². The molecule has 0 bridgehead atoms. The second kappa shape index (κ2) is 8.47. The van der Waals surface area contributed by atoms with Gasteiger partial charge in [-0.15, -0.1) is 0 Å². The number of aromatic nitrogens is 2. The monoisotopic (exact) mass is 391 g/mol. The van der Waals surface area contributed by atoms with Crippen molar-refractivity contribution < 1.29 is 14.1 Å². The molecule has 0 saturated carbocycles. The fourth-order valence-corrected chi connectivity index (χ4v) is 3.47. The van der Waals surface area contributed by atoms with E-state index in [-0.39, 0.29) is 11.8 Å². The molecule has 6 heteroatoms. The van der Waals surface area contributed by atoms with Crippen LogP contribution in [0.25, 0.3) is 11.4 Å². The van der Waals surface area contributed by atoms with E-state index in [0.717, 1.165) is 29.8 Å². The molecule has 4 rings (SSSR count). The number of amides is 1. The molecular formula is C23H25N3O3. The molecule has 1 saturated heterocycles. The first-order chi connectivity index (χ1) is 14.2. The highest BCUT2D eigenvalue weighted by Crippen LogP contribution is 2.32. The summed E-state index contributed by atoms with van der Waals surface area (Å²) < 4.78 is 11.1. The van der Waals surface area contributed by atoms with Gasteiger partial charge in [0.25, 0.3) is 0 Å². The molecule has 0 aliphatic carbocycles. The molecule has 2 aromatic carbocycles. The number of carbonyl (C=O) groups is 1. The SMILES string of the molecule is CCCOc1ccc(-c2noc(C3CC(=O)N(c4ccc(CC)cc4)C3)n2)cc1. The second-order valence-electron chi connectivity index (χ2n) is 7.25. The Balaban J connectivity index is 1.46. The first-order valence-corrected chi connectivity index (χ1v) is 10.1. The Kier molecular flexibility index (Phi) is 5.60. The standard InChI is InChI=1S/C23H25N3O3/c1-3-13-28-20-11-7-17(8-12-20)22-24-23(29-25-22)18-14-21(27)26(15-18)19-9-5-16(4-2)6-10-19/h5-12,18H,3-4,13-15H2,1-2H3. The molecule has 0 spiro atoms. The van der Waals surface area contributed by atoms with Crippen LogP contribution < -0.4 is 9.64 Å². The summed E-state index contributed by atoms with van der Waals surface area (Å²) in [5.41, 5.74) is 3.03. The van der Waals surface area contributed by atoms with Gasteiger partial charge < -0.3 is 14.2 Å². The van der Waals surface area contributed by atoms with Crippen LogP contribution >= 0.6 is 0 Å². The summed E-state index contributed by atoms with van der Waals surface area (Å²) in [6.07, 6.45) is 2.32. The van der Waals surface area contributed by atoms with Crippen LogP contribution in [0.3, 0.4) is 0 Å². The molecule has 150 valence electrons. The number of hydrogen-bond acceptors (Lipinski definition) is 5. The predicted octanol–water partition coefficient (Wildman–Crippen LogP) is 4.61. The van der Waals surface area contributed by atoms with Crippen LogP contribution in [-0.2, 0) is 11.2 Å². The van der Waals surface area contributed by atoms with Crippen molar-refractivity contribution >= 4 is 11.6 Å². The number of benzene rings is 2. The molecule has 29 heavy (non-hydrogen) atoms. The van der Waals surface area contributed by atoms with E-state index in [1.807, 2.05) is 36.4 Å². The number of aryl methyl sites for hydroxylation is 1. The summed E-state index contributed by atoms with van der Waals surface area (Å²) in [4.78, 5) is 18.9. The van der Waals surface area contributed by atoms with Gasteiger partial charge in [-0.3, -0.25) is 4.79 Å². The topological polar surface area (TPSA) is 68.5 Å². The third kappa shape index (κ3) is 4.16. The maximum atomic E-state index is 12.5. The van der Waals surface area contributed by atoms with Crippen molar-refractivity contribution in [3.63, 3.8) is 0 Å². The van der Waals surface area contributed by atoms with Gasteiger partial charge in [0.2, 0.25) is 17.6 Å². The molecule has 1 aromatic heterocycles. The average Bonchev–Trinajstić information content (AvgIpc) is 3.40. The highest BCUT2D eigenvalue weighted by atomic mass is 16.5. The van der Waals surface area contributed by atoms with Crippen molar-refractivity contribution in [2.75, 3.05) is 18.1 Å². The summed E-state index contributed by atoms with van der Waals surface area (Å²) in [6, 6.07) is 15.8. The van der Waals surface area contributed by atoms with E-state index in [9.17, 15) is 4.79 Å². The minimum Gasteiger partial charge on any atom is -0.494 e. The Morgan fingerprint density at radius 1 is 1.10 bits per heavy atom. The summed E-state index contributed by atoms with van der Waals surface area (Å²) in [5, 5.41) is 4.11. The van der Waals surface area contributed by atoms with Crippen LogP contribution in [0.4, 0.5) is 5.69 Å². The van der Waals surface area contributed by atoms with Crippen molar-refractivity contribution in [1.82, 2.24) is 10.1 Å². The summed E-state index contributed by atoms with van der Waals surface area (Å²) >= 11 is 0. The lowest BCUT2D eigenvalue weighted by atomic mass is 10.1. The molecule has 1 aliphatic heterocycles. The zero-order chi connectivity index (χ0) is 20.2. The third-order valence-electron chi connectivity index (χ3n) is 5.16. The lowest BCUT2D eigenvalue weighted by molar-refractivity contribution is -0.117. The van der Waals surface area contributed by atoms with Gasteiger partial charge in [0.15, 0.2) is 0 Å². The highest BCUT2D eigenvalue weighted by Gasteiger charge is 2.35. The van der Waals surface area contributed by atoms with Gasteiger partial charge in [0, 0.05) is 24.2 Å². The summed E-state index contributed by atoms with van der Waals surface area (Å²) in [6.45, 7) is 5.43. The second-order valence-corrected chi connectivity index (χ2v) is 7.25. The minimum absolute atomic E-state index is 0.0800. The number of rotatable bonds is 7. The van der Waals surface area contributed by atoms with Gasteiger partial charge in [-0.2, -0.15) is 4.98 Å². The van der Waals surface area contributed by atoms with Gasteiger partial charge in [-0.05, 0) is 54.8 Å². The number of nitrogens with zero attached hydrogens (tertiary/aromatic N) is 3. The van der Waals surface area contributed by atoms with Crippen LogP contribution in [0, 0.1) is 0 Å². The van der Waals surface area contributed by atoms with Crippen molar-refractivity contribution in [3.8, 4) is 17.1 Å². The maximum absolute atomic E-state index is 12.5. The average molecular weight is 391 g/mol. The van der Waals surface area contributed by atoms with E-state index in [0.29, 0.717) is 31.3 Å². The molecule has 1 atom stereocenters. The van der Waals surface area contributed by atoms with Gasteiger partial charge in [-0.25, -0.2) is 0 Å². The number of ether oxygens (including phenoxy) is 1. The molecule has 3 aromatic rings. The lowest BCUT2D eigenvalue weighted by Gasteiger charge is -2.16. The molecule has 2 heterocycles. The van der Waals surface area contributed by atoms with E-state index in [1.54, 1.807) is 4.90 Å². The number of carbonyl (C=O) groups excluding carboxylic acids is 1. The Bertz CT molecular complexity index is 964. The fourth-order valence-electron chi connectivity index (χ4n) is 3.47. The zero-order valence-corrected chi connectivity index (χ0v) is 16.8. The van der Waals surface area contributed by atoms with Crippen LogP contribution in [0.15, 0.2) is 53.1 Å². The van der Waals surface area contributed by atoms with Crippen LogP contribution in [0.1, 0.15) is 44.1 Å². The molecule has 1 fully saturated rings. The van der Waals surface area contributed by atoms with E-state index < -0.39 is 0 Å². The molecule has 6 nitrogen and oxygen atoms in total. The van der Waals surface area contributed by atoms with Crippen LogP contribution in [0.5, 0.6) is 5.75 Å². The first kappa shape index (κ1) is 19.2. The molecule has 0 N–H and O–H groups in total. The van der Waals surface area contributed by atoms with Crippen molar-refractivity contribution in [2.45, 2.75) is 39.0 Å². The maximum Gasteiger partial charge on any atom is 0.232 e. The zero-order valence-electron chi connectivity index (χ0n) is 16.8. The van der Waals surface area contributed by atoms with Gasteiger partial charge >= 0.3 is 0 Å². The molecule has 0 radical (unpaired) electrons. The summed E-state index contributed by atoms with van der Waals surface area (Å²) in [5.74, 6) is 1.84. The largest absolute Gasteiger partial charge is 0.494 e. The van der Waals surface area contributed by atoms with E-state index in [4.69, 9.17) is 9.26 Å². The van der Waals surface area contributed by atoms with Crippen molar-refractivity contribution in [2.24, 2.45) is 0 Å². The highest BCUT2D eigenvalue weighted by molar-refractivity contribution is 5.96. The molecular weight excluding hydrogens is 366 g/mol. The molecule has 1 amide bonds. The Labute approximate surface area is 170 Å². The summed E-state index contributed by atoms with van der Waals surface area (Å²) in [7, 11) is 0. The Morgan fingerprint density at radius 3 is 2.55 bits per heavy atom. The number of hydrogen-bond donors (Lipinski definition) is 0. The van der Waals surface area contributed by atoms with Gasteiger partial charge in [-0.1, -0.05) is 31.1 Å². The minimum atomic E-state index is -0.0956. The predicted molar refractivity (Wildman–Crippen MR) is 111 cm³/mol. The first-order valence-electron chi connectivity index (χ1n) is 10.1. The molecule has 1 unspecified atom stereocenters.